The van der Waals surface area contributed by atoms with E-state index in [0.29, 0.717) is 28.4 Å². The summed E-state index contributed by atoms with van der Waals surface area (Å²) in [6.07, 6.45) is -0.186. The minimum Gasteiger partial charge on any atom is -0.497 e. The smallest absolute Gasteiger partial charge is 0.259 e. The molecule has 1 unspecified atom stereocenters. The number of benzene rings is 3. The number of carbonyl (C=O) groups is 3. The summed E-state index contributed by atoms with van der Waals surface area (Å²) in [4.78, 5) is 40.8. The molecule has 3 amide bonds. The molecule has 3 aromatic rings. The first-order chi connectivity index (χ1) is 15.9. The first kappa shape index (κ1) is 22.1. The van der Waals surface area contributed by atoms with E-state index in [4.69, 9.17) is 4.74 Å². The van der Waals surface area contributed by atoms with Gasteiger partial charge in [0.05, 0.1) is 24.9 Å². The van der Waals surface area contributed by atoms with Crippen molar-refractivity contribution < 1.29 is 19.1 Å². The summed E-state index contributed by atoms with van der Waals surface area (Å²) >= 11 is 0. The lowest BCUT2D eigenvalue weighted by Gasteiger charge is -2.36. The summed E-state index contributed by atoms with van der Waals surface area (Å²) in [5.74, 6) is -0.521. The van der Waals surface area contributed by atoms with E-state index in [1.54, 1.807) is 55.6 Å². The third-order valence-corrected chi connectivity index (χ3v) is 5.76. The van der Waals surface area contributed by atoms with Gasteiger partial charge in [0.15, 0.2) is 0 Å². The van der Waals surface area contributed by atoms with Gasteiger partial charge in [-0.05, 0) is 73.5 Å². The minimum absolute atomic E-state index is 0.186. The molecule has 0 aromatic heterocycles. The molecule has 3 aromatic carbocycles. The van der Waals surface area contributed by atoms with Crippen LogP contribution in [0.2, 0.25) is 0 Å². The molecule has 1 aliphatic rings. The number of fused-ring (bicyclic) bond motifs is 1. The van der Waals surface area contributed by atoms with Crippen LogP contribution in [0.1, 0.15) is 27.9 Å². The fourth-order valence-corrected chi connectivity index (χ4v) is 3.81. The predicted molar refractivity (Wildman–Crippen MR) is 128 cm³/mol. The third-order valence-electron chi connectivity index (χ3n) is 5.76. The van der Waals surface area contributed by atoms with E-state index < -0.39 is 11.9 Å². The van der Waals surface area contributed by atoms with Crippen LogP contribution in [0, 0.1) is 13.8 Å². The van der Waals surface area contributed by atoms with Crippen LogP contribution in [0.25, 0.3) is 0 Å². The van der Waals surface area contributed by atoms with Gasteiger partial charge < -0.3 is 15.4 Å². The number of aryl methyl sites for hydroxylation is 2. The molecule has 168 valence electrons. The first-order valence-electron chi connectivity index (χ1n) is 10.6. The molecule has 4 rings (SSSR count). The number of methoxy groups -OCH3 is 1. The Morgan fingerprint density at radius 3 is 2.42 bits per heavy atom. The molecule has 0 spiro atoms. The summed E-state index contributed by atoms with van der Waals surface area (Å²) in [5, 5.41) is 5.66. The van der Waals surface area contributed by atoms with Crippen LogP contribution in [0.3, 0.4) is 0 Å². The molecule has 1 heterocycles. The van der Waals surface area contributed by atoms with Crippen molar-refractivity contribution in [2.24, 2.45) is 0 Å². The second-order valence-electron chi connectivity index (χ2n) is 7.98. The number of hydrogen-bond acceptors (Lipinski definition) is 4. The van der Waals surface area contributed by atoms with Gasteiger partial charge in [0.1, 0.15) is 11.8 Å². The molecule has 1 atom stereocenters. The van der Waals surface area contributed by atoms with Crippen LogP contribution in [0.5, 0.6) is 5.75 Å². The van der Waals surface area contributed by atoms with E-state index in [2.05, 4.69) is 10.6 Å². The molecule has 0 saturated heterocycles. The number of hydrogen-bond donors (Lipinski definition) is 2. The Hall–Kier alpha value is -4.13. The molecule has 1 aliphatic heterocycles. The van der Waals surface area contributed by atoms with Crippen molar-refractivity contribution in [2.45, 2.75) is 26.3 Å². The van der Waals surface area contributed by atoms with Gasteiger partial charge in [-0.15, -0.1) is 0 Å². The second kappa shape index (κ2) is 9.16. The summed E-state index contributed by atoms with van der Waals surface area (Å²) < 4.78 is 5.17. The number of amides is 3. The summed E-state index contributed by atoms with van der Waals surface area (Å²) in [7, 11) is 1.55. The standard InChI is InChI=1S/C26H25N3O4/c1-16-8-11-19(14-17(16)2)27-24(30)15-23-25(31)28-21-6-4-5-7-22(21)29(23)26(32)18-9-12-20(33-3)13-10-18/h4-14,23H,15H2,1-3H3,(H,27,30)(H,28,31). The highest BCUT2D eigenvalue weighted by atomic mass is 16.5. The number of nitrogens with one attached hydrogen (secondary N) is 2. The first-order valence-corrected chi connectivity index (χ1v) is 10.6. The quantitative estimate of drug-likeness (QED) is 0.615. The van der Waals surface area contributed by atoms with E-state index >= 15 is 0 Å². The van der Waals surface area contributed by atoms with Crippen molar-refractivity contribution in [2.75, 3.05) is 22.6 Å². The number of anilines is 3. The van der Waals surface area contributed by atoms with Gasteiger partial charge in [-0.2, -0.15) is 0 Å². The Morgan fingerprint density at radius 1 is 1.00 bits per heavy atom. The SMILES string of the molecule is COc1ccc(C(=O)N2c3ccccc3NC(=O)C2CC(=O)Nc2ccc(C)c(C)c2)cc1. The van der Waals surface area contributed by atoms with Crippen molar-refractivity contribution in [3.05, 3.63) is 83.4 Å². The Bertz CT molecular complexity index is 1220. The van der Waals surface area contributed by atoms with Crippen molar-refractivity contribution in [3.8, 4) is 5.75 Å². The molecule has 0 saturated carbocycles. The number of rotatable bonds is 5. The van der Waals surface area contributed by atoms with Crippen molar-refractivity contribution in [3.63, 3.8) is 0 Å². The fourth-order valence-electron chi connectivity index (χ4n) is 3.81. The highest BCUT2D eigenvalue weighted by molar-refractivity contribution is 6.17. The lowest BCUT2D eigenvalue weighted by molar-refractivity contribution is -0.122. The van der Waals surface area contributed by atoms with Crippen LogP contribution < -0.4 is 20.3 Å². The van der Waals surface area contributed by atoms with Gasteiger partial charge in [-0.3, -0.25) is 19.3 Å². The van der Waals surface area contributed by atoms with Crippen LogP contribution in [0.4, 0.5) is 17.1 Å². The van der Waals surface area contributed by atoms with Gasteiger partial charge in [-0.1, -0.05) is 18.2 Å². The Morgan fingerprint density at radius 2 is 1.73 bits per heavy atom. The monoisotopic (exact) mass is 443 g/mol. The summed E-state index contributed by atoms with van der Waals surface area (Å²) in [6, 6.07) is 18.3. The number of nitrogens with zero attached hydrogens (tertiary/aromatic N) is 1. The second-order valence-corrected chi connectivity index (χ2v) is 7.98. The molecule has 7 nitrogen and oxygen atoms in total. The number of para-hydroxylation sites is 2. The van der Waals surface area contributed by atoms with Crippen LogP contribution >= 0.6 is 0 Å². The number of carbonyl (C=O) groups excluding carboxylic acids is 3. The Kier molecular flexibility index (Phi) is 6.13. The van der Waals surface area contributed by atoms with Crippen molar-refractivity contribution in [1.29, 1.82) is 0 Å². The molecular weight excluding hydrogens is 418 g/mol. The van der Waals surface area contributed by atoms with Gasteiger partial charge in [0, 0.05) is 11.3 Å². The van der Waals surface area contributed by atoms with E-state index in [0.717, 1.165) is 11.1 Å². The van der Waals surface area contributed by atoms with Gasteiger partial charge in [-0.25, -0.2) is 0 Å². The van der Waals surface area contributed by atoms with Crippen LogP contribution in [-0.2, 0) is 9.59 Å². The van der Waals surface area contributed by atoms with Gasteiger partial charge in [0.25, 0.3) is 5.91 Å². The molecule has 0 fully saturated rings. The molecule has 33 heavy (non-hydrogen) atoms. The van der Waals surface area contributed by atoms with Crippen molar-refractivity contribution >= 4 is 34.8 Å². The number of ether oxygens (including phenoxy) is 1. The topological polar surface area (TPSA) is 87.7 Å². The van der Waals surface area contributed by atoms with E-state index in [1.807, 2.05) is 32.0 Å². The third kappa shape index (κ3) is 4.57. The summed E-state index contributed by atoms with van der Waals surface area (Å²) in [5.41, 5.74) is 4.27. The minimum atomic E-state index is -0.999. The lowest BCUT2D eigenvalue weighted by atomic mass is 10.0. The molecule has 0 radical (unpaired) electrons. The van der Waals surface area contributed by atoms with E-state index in [-0.39, 0.29) is 18.2 Å². The molecule has 0 aliphatic carbocycles. The Balaban J connectivity index is 1.64. The Labute approximate surface area is 192 Å². The van der Waals surface area contributed by atoms with E-state index in [9.17, 15) is 14.4 Å². The highest BCUT2D eigenvalue weighted by Gasteiger charge is 2.38. The highest BCUT2D eigenvalue weighted by Crippen LogP contribution is 2.34. The van der Waals surface area contributed by atoms with Crippen LogP contribution in [0.15, 0.2) is 66.7 Å². The maximum absolute atomic E-state index is 13.5. The largest absolute Gasteiger partial charge is 0.497 e. The van der Waals surface area contributed by atoms with E-state index in [1.165, 1.54) is 4.90 Å². The maximum atomic E-state index is 13.5. The van der Waals surface area contributed by atoms with Crippen LogP contribution in [-0.4, -0.2) is 30.9 Å². The molecule has 7 heteroatoms. The molecule has 2 N–H and O–H groups in total. The zero-order valence-electron chi connectivity index (χ0n) is 18.7. The predicted octanol–water partition coefficient (Wildman–Crippen LogP) is 4.31. The van der Waals surface area contributed by atoms with Crippen molar-refractivity contribution in [1.82, 2.24) is 0 Å². The fraction of sp³-hybridized carbons (Fsp3) is 0.192. The zero-order valence-corrected chi connectivity index (χ0v) is 18.7. The molecular formula is C26H25N3O4. The lowest BCUT2D eigenvalue weighted by Crippen LogP contribution is -2.52. The van der Waals surface area contributed by atoms with Gasteiger partial charge >= 0.3 is 0 Å². The summed E-state index contributed by atoms with van der Waals surface area (Å²) in [6.45, 7) is 3.96. The average Bonchev–Trinajstić information content (AvgIpc) is 2.81. The normalized spacial score (nSPS) is 14.8. The van der Waals surface area contributed by atoms with Gasteiger partial charge in [0.2, 0.25) is 11.8 Å². The average molecular weight is 444 g/mol. The zero-order chi connectivity index (χ0) is 23.5. The maximum Gasteiger partial charge on any atom is 0.259 e. The molecule has 0 bridgehead atoms.